The van der Waals surface area contributed by atoms with Crippen LogP contribution in [0.4, 0.5) is 4.79 Å². The van der Waals surface area contributed by atoms with Crippen LogP contribution in [0.15, 0.2) is 24.4 Å². The third-order valence-electron chi connectivity index (χ3n) is 1.72. The maximum atomic E-state index is 11.9. The van der Waals surface area contributed by atoms with Crippen LogP contribution in [-0.4, -0.2) is 27.4 Å². The molecule has 0 aromatic rings. The van der Waals surface area contributed by atoms with E-state index in [0.717, 1.165) is 4.90 Å². The minimum atomic E-state index is -1.31. The number of allylic oxidation sites excluding steroid dienone is 3. The summed E-state index contributed by atoms with van der Waals surface area (Å²) in [7, 11) is 0. The summed E-state index contributed by atoms with van der Waals surface area (Å²) in [5.74, 6) is 0. The number of aliphatic hydroxyl groups is 1. The van der Waals surface area contributed by atoms with Crippen molar-refractivity contribution in [2.24, 2.45) is 0 Å². The van der Waals surface area contributed by atoms with E-state index in [9.17, 15) is 9.90 Å². The zero-order valence-corrected chi connectivity index (χ0v) is 11.5. The summed E-state index contributed by atoms with van der Waals surface area (Å²) >= 11 is 0. The minimum absolute atomic E-state index is 0.578. The van der Waals surface area contributed by atoms with Gasteiger partial charge in [0.2, 0.25) is 0 Å². The van der Waals surface area contributed by atoms with Crippen LogP contribution in [0.2, 0.25) is 0 Å². The summed E-state index contributed by atoms with van der Waals surface area (Å²) in [5, 5.41) is 9.89. The molecule has 4 nitrogen and oxygen atoms in total. The van der Waals surface area contributed by atoms with Crippen LogP contribution in [0, 0.1) is 0 Å². The van der Waals surface area contributed by atoms with Crippen LogP contribution >= 0.6 is 0 Å². The van der Waals surface area contributed by atoms with Gasteiger partial charge in [-0.1, -0.05) is 12.2 Å². The molecule has 17 heavy (non-hydrogen) atoms. The summed E-state index contributed by atoms with van der Waals surface area (Å²) in [6.45, 7) is 10.3. The molecule has 0 unspecified atom stereocenters. The summed E-state index contributed by atoms with van der Waals surface area (Å²) in [5.41, 5.74) is -1.89. The molecule has 1 N–H and O–H groups in total. The fourth-order valence-corrected chi connectivity index (χ4v) is 1.02. The van der Waals surface area contributed by atoms with Crippen LogP contribution in [0.5, 0.6) is 0 Å². The van der Waals surface area contributed by atoms with Gasteiger partial charge in [0.15, 0.2) is 0 Å². The molecular weight excluding hydrogens is 218 g/mol. The summed E-state index contributed by atoms with van der Waals surface area (Å²) in [6, 6.07) is 0. The fourth-order valence-electron chi connectivity index (χ4n) is 1.02. The van der Waals surface area contributed by atoms with Gasteiger partial charge in [-0.2, -0.15) is 0 Å². The molecule has 4 heteroatoms. The van der Waals surface area contributed by atoms with Crippen molar-refractivity contribution in [1.82, 2.24) is 4.90 Å². The van der Waals surface area contributed by atoms with E-state index in [1.165, 1.54) is 20.0 Å². The fraction of sp³-hybridized carbons (Fsp3) is 0.615. The Morgan fingerprint density at radius 3 is 2.06 bits per heavy atom. The third-order valence-corrected chi connectivity index (χ3v) is 1.72. The lowest BCUT2D eigenvalue weighted by Crippen LogP contribution is -2.46. The van der Waals surface area contributed by atoms with Crippen LogP contribution < -0.4 is 0 Å². The van der Waals surface area contributed by atoms with E-state index in [1.54, 1.807) is 32.9 Å². The van der Waals surface area contributed by atoms with Crippen LogP contribution in [0.3, 0.4) is 0 Å². The number of carbonyl (C=O) groups is 1. The lowest BCUT2D eigenvalue weighted by atomic mass is 10.2. The molecule has 0 aliphatic rings. The highest BCUT2D eigenvalue weighted by atomic mass is 16.6. The molecule has 0 aromatic carbocycles. The first-order valence-electron chi connectivity index (χ1n) is 5.62. The molecule has 0 rings (SSSR count). The number of hydrogen-bond acceptors (Lipinski definition) is 3. The van der Waals surface area contributed by atoms with E-state index in [4.69, 9.17) is 4.74 Å². The van der Waals surface area contributed by atoms with Crippen molar-refractivity contribution in [2.75, 3.05) is 0 Å². The van der Waals surface area contributed by atoms with E-state index in [0.29, 0.717) is 0 Å². The van der Waals surface area contributed by atoms with Crippen molar-refractivity contribution in [3.8, 4) is 0 Å². The Morgan fingerprint density at radius 2 is 1.71 bits per heavy atom. The van der Waals surface area contributed by atoms with E-state index < -0.39 is 17.4 Å². The predicted molar refractivity (Wildman–Crippen MR) is 68.3 cm³/mol. The number of hydrogen-bond donors (Lipinski definition) is 1. The first kappa shape index (κ1) is 15.7. The van der Waals surface area contributed by atoms with Crippen molar-refractivity contribution in [2.45, 2.75) is 52.9 Å². The van der Waals surface area contributed by atoms with Crippen molar-refractivity contribution in [1.29, 1.82) is 0 Å². The standard InChI is InChI=1S/C13H23NO3/c1-7-8-9-10-14(13(5,6)16)11(15)17-12(2,3)4/h7-10,16H,1-6H3/b8-7-,10-9-. The van der Waals surface area contributed by atoms with Gasteiger partial charge in [0, 0.05) is 6.20 Å². The quantitative estimate of drug-likeness (QED) is 0.610. The lowest BCUT2D eigenvalue weighted by molar-refractivity contribution is -0.0602. The van der Waals surface area contributed by atoms with Gasteiger partial charge in [0.25, 0.3) is 0 Å². The molecule has 0 fully saturated rings. The predicted octanol–water partition coefficient (Wildman–Crippen LogP) is 3.04. The first-order chi connectivity index (χ1) is 7.58. The molecule has 0 bridgehead atoms. The lowest BCUT2D eigenvalue weighted by Gasteiger charge is -2.32. The Labute approximate surface area is 104 Å². The summed E-state index contributed by atoms with van der Waals surface area (Å²) in [6.07, 6.45) is 6.18. The molecule has 0 aliphatic heterocycles. The molecule has 0 saturated carbocycles. The number of ether oxygens (including phenoxy) is 1. The Morgan fingerprint density at radius 1 is 1.18 bits per heavy atom. The first-order valence-corrected chi connectivity index (χ1v) is 5.62. The van der Waals surface area contributed by atoms with Gasteiger partial charge in [0.05, 0.1) is 0 Å². The molecule has 0 atom stereocenters. The zero-order valence-electron chi connectivity index (χ0n) is 11.5. The van der Waals surface area contributed by atoms with Crippen LogP contribution in [0.25, 0.3) is 0 Å². The maximum absolute atomic E-state index is 11.9. The van der Waals surface area contributed by atoms with Gasteiger partial charge in [-0.3, -0.25) is 4.90 Å². The second-order valence-electron chi connectivity index (χ2n) is 5.21. The highest BCUT2D eigenvalue weighted by molar-refractivity contribution is 5.70. The molecular formula is C13H23NO3. The van der Waals surface area contributed by atoms with Gasteiger partial charge in [0.1, 0.15) is 11.3 Å². The Hall–Kier alpha value is -1.29. The maximum Gasteiger partial charge on any atom is 0.416 e. The normalized spacial score (nSPS) is 13.4. The molecule has 0 aliphatic carbocycles. The van der Waals surface area contributed by atoms with Crippen molar-refractivity contribution >= 4 is 6.09 Å². The zero-order chi connectivity index (χ0) is 13.7. The summed E-state index contributed by atoms with van der Waals surface area (Å²) in [4.78, 5) is 13.0. The number of rotatable bonds is 3. The molecule has 98 valence electrons. The van der Waals surface area contributed by atoms with Crippen molar-refractivity contribution < 1.29 is 14.6 Å². The largest absolute Gasteiger partial charge is 0.443 e. The molecule has 1 amide bonds. The van der Waals surface area contributed by atoms with E-state index >= 15 is 0 Å². The van der Waals surface area contributed by atoms with Gasteiger partial charge in [-0.15, -0.1) is 0 Å². The molecule has 0 spiro atoms. The molecule has 0 heterocycles. The van der Waals surface area contributed by atoms with Gasteiger partial charge in [-0.05, 0) is 47.6 Å². The van der Waals surface area contributed by atoms with Crippen LogP contribution in [-0.2, 0) is 4.74 Å². The number of carbonyl (C=O) groups excluding carboxylic acids is 1. The second kappa shape index (κ2) is 5.87. The monoisotopic (exact) mass is 241 g/mol. The van der Waals surface area contributed by atoms with E-state index in [-0.39, 0.29) is 0 Å². The molecule has 0 saturated heterocycles. The average Bonchev–Trinajstić information content (AvgIpc) is 2.06. The Bertz CT molecular complexity index is 306. The number of nitrogens with zero attached hydrogens (tertiary/aromatic N) is 1. The van der Waals surface area contributed by atoms with E-state index in [2.05, 4.69) is 0 Å². The van der Waals surface area contributed by atoms with Crippen molar-refractivity contribution in [3.63, 3.8) is 0 Å². The second-order valence-corrected chi connectivity index (χ2v) is 5.21. The minimum Gasteiger partial charge on any atom is -0.443 e. The van der Waals surface area contributed by atoms with Gasteiger partial charge in [-0.25, -0.2) is 4.79 Å². The SMILES string of the molecule is C/C=C\C=C/N(C(=O)OC(C)(C)C)C(C)(C)O. The topological polar surface area (TPSA) is 49.8 Å². The highest BCUT2D eigenvalue weighted by Gasteiger charge is 2.30. The Balaban J connectivity index is 4.88. The summed E-state index contributed by atoms with van der Waals surface area (Å²) < 4.78 is 5.21. The van der Waals surface area contributed by atoms with Gasteiger partial charge >= 0.3 is 6.09 Å². The Kier molecular flexibility index (Phi) is 5.42. The van der Waals surface area contributed by atoms with Crippen LogP contribution in [0.1, 0.15) is 41.5 Å². The van der Waals surface area contributed by atoms with Gasteiger partial charge < -0.3 is 9.84 Å². The number of amides is 1. The third kappa shape index (κ3) is 6.79. The van der Waals surface area contributed by atoms with Crippen molar-refractivity contribution in [3.05, 3.63) is 24.4 Å². The molecule has 0 radical (unpaired) electrons. The smallest absolute Gasteiger partial charge is 0.416 e. The highest BCUT2D eigenvalue weighted by Crippen LogP contribution is 2.17. The van der Waals surface area contributed by atoms with E-state index in [1.807, 2.05) is 13.0 Å². The molecule has 0 aromatic heterocycles. The average molecular weight is 241 g/mol.